The summed E-state index contributed by atoms with van der Waals surface area (Å²) in [6, 6.07) is 10.6. The van der Waals surface area contributed by atoms with Crippen molar-refractivity contribution in [3.63, 3.8) is 0 Å². The molecule has 1 unspecified atom stereocenters. The fraction of sp³-hybridized carbons (Fsp3) is 0.677. The van der Waals surface area contributed by atoms with Gasteiger partial charge in [0.15, 0.2) is 0 Å². The average Bonchev–Trinajstić information content (AvgIpc) is 3.58. The fourth-order valence-corrected chi connectivity index (χ4v) is 9.03. The highest BCUT2D eigenvalue weighted by molar-refractivity contribution is 5.54. The summed E-state index contributed by atoms with van der Waals surface area (Å²) in [4.78, 5) is 17.7. The number of aryl methyl sites for hydroxylation is 1. The van der Waals surface area contributed by atoms with Crippen molar-refractivity contribution in [1.82, 2.24) is 25.1 Å². The van der Waals surface area contributed by atoms with Gasteiger partial charge in [0.25, 0.3) is 0 Å². The molecule has 39 heavy (non-hydrogen) atoms. The summed E-state index contributed by atoms with van der Waals surface area (Å²) >= 11 is 0. The highest BCUT2D eigenvalue weighted by Crippen LogP contribution is 2.47. The summed E-state index contributed by atoms with van der Waals surface area (Å²) in [6.07, 6.45) is 8.76. The number of hydrogen-bond acceptors (Lipinski definition) is 7. The maximum absolute atomic E-state index is 14.4. The van der Waals surface area contributed by atoms with Crippen LogP contribution in [-0.2, 0) is 24.9 Å². The summed E-state index contributed by atoms with van der Waals surface area (Å²) in [5.74, 6) is 1.06. The van der Waals surface area contributed by atoms with Gasteiger partial charge in [-0.2, -0.15) is 9.97 Å². The van der Waals surface area contributed by atoms with Crippen molar-refractivity contribution in [2.75, 3.05) is 44.7 Å². The van der Waals surface area contributed by atoms with E-state index in [1.807, 2.05) is 0 Å². The first-order chi connectivity index (χ1) is 19.0. The molecule has 7 nitrogen and oxygen atoms in total. The second kappa shape index (κ2) is 9.11. The zero-order valence-electron chi connectivity index (χ0n) is 23.2. The summed E-state index contributed by atoms with van der Waals surface area (Å²) in [7, 11) is 2.29. The SMILES string of the molecule is CN1Cc2c(nc(OC[C@@]34CCCN3CC(F)C4)nc2N2C[C@H]3CC[C@@H](C2)N3)C[C@]12CCCc1ccccc12. The van der Waals surface area contributed by atoms with Crippen molar-refractivity contribution in [1.29, 1.82) is 0 Å². The predicted octanol–water partition coefficient (Wildman–Crippen LogP) is 3.59. The Bertz CT molecular complexity index is 1260. The van der Waals surface area contributed by atoms with E-state index in [2.05, 4.69) is 51.3 Å². The average molecular weight is 533 g/mol. The van der Waals surface area contributed by atoms with Crippen molar-refractivity contribution in [3.8, 4) is 6.01 Å². The first-order valence-electron chi connectivity index (χ1n) is 15.2. The van der Waals surface area contributed by atoms with Crippen LogP contribution in [0, 0.1) is 0 Å². The van der Waals surface area contributed by atoms with E-state index in [0.717, 1.165) is 69.8 Å². The van der Waals surface area contributed by atoms with E-state index in [-0.39, 0.29) is 11.1 Å². The Labute approximate surface area is 231 Å². The van der Waals surface area contributed by atoms with Crippen LogP contribution in [0.2, 0.25) is 0 Å². The lowest BCUT2D eigenvalue weighted by Crippen LogP contribution is -2.53. The van der Waals surface area contributed by atoms with Crippen molar-refractivity contribution in [3.05, 3.63) is 46.6 Å². The van der Waals surface area contributed by atoms with Gasteiger partial charge in [0.2, 0.25) is 0 Å². The van der Waals surface area contributed by atoms with Crippen LogP contribution in [0.1, 0.15) is 67.3 Å². The van der Waals surface area contributed by atoms with Crippen LogP contribution in [0.4, 0.5) is 10.2 Å². The first kappa shape index (κ1) is 24.5. The van der Waals surface area contributed by atoms with Crippen molar-refractivity contribution < 1.29 is 9.13 Å². The lowest BCUT2D eigenvalue weighted by molar-refractivity contribution is 0.0713. The number of ether oxygens (including phenoxy) is 1. The van der Waals surface area contributed by atoms with Gasteiger partial charge in [-0.3, -0.25) is 9.80 Å². The number of nitrogens with one attached hydrogen (secondary N) is 1. The molecule has 6 aliphatic rings. The van der Waals surface area contributed by atoms with Gasteiger partial charge in [0.1, 0.15) is 18.6 Å². The minimum Gasteiger partial charge on any atom is -0.461 e. The predicted molar refractivity (Wildman–Crippen MR) is 149 cm³/mol. The molecule has 5 aliphatic heterocycles. The molecular formula is C31H41FN6O. The number of benzene rings is 1. The zero-order chi connectivity index (χ0) is 26.2. The van der Waals surface area contributed by atoms with Crippen molar-refractivity contribution >= 4 is 5.82 Å². The summed E-state index contributed by atoms with van der Waals surface area (Å²) in [5, 5.41) is 3.77. The molecule has 8 rings (SSSR count). The van der Waals surface area contributed by atoms with Gasteiger partial charge >= 0.3 is 6.01 Å². The van der Waals surface area contributed by atoms with E-state index in [1.54, 1.807) is 0 Å². The maximum atomic E-state index is 14.4. The van der Waals surface area contributed by atoms with Gasteiger partial charge < -0.3 is 15.0 Å². The molecule has 0 radical (unpaired) electrons. The van der Waals surface area contributed by atoms with E-state index >= 15 is 0 Å². The number of nitrogens with zero attached hydrogens (tertiary/aromatic N) is 5. The van der Waals surface area contributed by atoms with Gasteiger partial charge in [-0.15, -0.1) is 0 Å². The lowest BCUT2D eigenvalue weighted by atomic mass is 9.71. The zero-order valence-corrected chi connectivity index (χ0v) is 23.2. The number of alkyl halides is 1. The Balaban J connectivity index is 1.17. The molecule has 208 valence electrons. The number of fused-ring (bicyclic) bond motifs is 6. The van der Waals surface area contributed by atoms with E-state index in [9.17, 15) is 4.39 Å². The van der Waals surface area contributed by atoms with E-state index in [4.69, 9.17) is 14.7 Å². The van der Waals surface area contributed by atoms with Crippen LogP contribution in [0.5, 0.6) is 6.01 Å². The Hall–Kier alpha value is -2.29. The Morgan fingerprint density at radius 2 is 1.92 bits per heavy atom. The topological polar surface area (TPSA) is 56.8 Å². The lowest BCUT2D eigenvalue weighted by Gasteiger charge is -2.49. The molecule has 1 aliphatic carbocycles. The molecule has 1 aromatic carbocycles. The first-order valence-corrected chi connectivity index (χ1v) is 15.2. The van der Waals surface area contributed by atoms with Crippen LogP contribution in [0.3, 0.4) is 0 Å². The Morgan fingerprint density at radius 1 is 1.08 bits per heavy atom. The summed E-state index contributed by atoms with van der Waals surface area (Å²) in [6.45, 7) is 4.80. The second-order valence-electron chi connectivity index (χ2n) is 13.2. The van der Waals surface area contributed by atoms with E-state index in [1.165, 1.54) is 36.0 Å². The highest BCUT2D eigenvalue weighted by Gasteiger charge is 2.50. The number of rotatable bonds is 4. The maximum Gasteiger partial charge on any atom is 0.318 e. The molecule has 2 aromatic rings. The molecule has 1 spiro atoms. The molecule has 1 N–H and O–H groups in total. The molecular weight excluding hydrogens is 491 g/mol. The van der Waals surface area contributed by atoms with Crippen LogP contribution in [0.25, 0.3) is 0 Å². The van der Waals surface area contributed by atoms with Gasteiger partial charge in [-0.25, -0.2) is 4.39 Å². The van der Waals surface area contributed by atoms with Crippen LogP contribution < -0.4 is 15.0 Å². The normalized spacial score (nSPS) is 35.7. The Morgan fingerprint density at radius 3 is 2.79 bits per heavy atom. The minimum atomic E-state index is -0.757. The van der Waals surface area contributed by atoms with Gasteiger partial charge in [0.05, 0.1) is 16.8 Å². The molecule has 4 saturated heterocycles. The quantitative estimate of drug-likeness (QED) is 0.646. The Kier molecular flexibility index (Phi) is 5.73. The molecule has 4 fully saturated rings. The largest absolute Gasteiger partial charge is 0.461 e. The number of likely N-dealkylation sites (N-methyl/N-ethyl adjacent to an activating group) is 1. The van der Waals surface area contributed by atoms with Gasteiger partial charge in [-0.1, -0.05) is 24.3 Å². The van der Waals surface area contributed by atoms with Gasteiger partial charge in [-0.05, 0) is 69.7 Å². The third-order valence-corrected chi connectivity index (χ3v) is 10.9. The van der Waals surface area contributed by atoms with E-state index in [0.29, 0.717) is 37.7 Å². The number of hydrogen-bond donors (Lipinski definition) is 1. The number of halogens is 1. The summed E-state index contributed by atoms with van der Waals surface area (Å²) in [5.41, 5.74) is 5.12. The summed E-state index contributed by atoms with van der Waals surface area (Å²) < 4.78 is 20.9. The number of aromatic nitrogens is 2. The highest BCUT2D eigenvalue weighted by atomic mass is 19.1. The molecule has 2 bridgehead atoms. The van der Waals surface area contributed by atoms with Crippen LogP contribution in [0.15, 0.2) is 24.3 Å². The van der Waals surface area contributed by atoms with E-state index < -0.39 is 6.17 Å². The third kappa shape index (κ3) is 3.92. The molecule has 0 amide bonds. The smallest absolute Gasteiger partial charge is 0.318 e. The molecule has 1 aromatic heterocycles. The van der Waals surface area contributed by atoms with Gasteiger partial charge in [0, 0.05) is 56.7 Å². The minimum absolute atomic E-state index is 0.0406. The van der Waals surface area contributed by atoms with Crippen molar-refractivity contribution in [2.45, 2.75) is 93.7 Å². The third-order valence-electron chi connectivity index (χ3n) is 10.9. The second-order valence-corrected chi connectivity index (χ2v) is 13.2. The van der Waals surface area contributed by atoms with Crippen LogP contribution >= 0.6 is 0 Å². The number of piperazine rings is 1. The molecule has 5 atom stereocenters. The van der Waals surface area contributed by atoms with Crippen LogP contribution in [-0.4, -0.2) is 83.4 Å². The van der Waals surface area contributed by atoms with Crippen molar-refractivity contribution in [2.24, 2.45) is 0 Å². The standard InChI is InChI=1S/C31H41FN6O/c1-36-19-25-27(15-31(36)12-4-7-21-6-2-3-8-26(21)31)34-29(35-28(25)37-17-23-9-10-24(18-37)33-23)39-20-30-11-5-13-38(30)16-22(32)14-30/h2-3,6,8,22-24,33H,4-5,7,9-20H2,1H3/t22?,23-,24+,30-,31-/m0/s1. The molecule has 6 heterocycles. The molecule has 0 saturated carbocycles. The fourth-order valence-electron chi connectivity index (χ4n) is 9.03. The monoisotopic (exact) mass is 532 g/mol. The number of anilines is 1. The molecule has 8 heteroatoms.